The van der Waals surface area contributed by atoms with Crippen LogP contribution in [0.2, 0.25) is 5.02 Å². The van der Waals surface area contributed by atoms with Crippen molar-refractivity contribution >= 4 is 11.6 Å². The maximum atomic E-state index is 5.83. The van der Waals surface area contributed by atoms with Gasteiger partial charge in [-0.15, -0.1) is 0 Å². The Labute approximate surface area is 66.0 Å². The number of nitrogens with zero attached hydrogens (tertiary/aromatic N) is 1. The highest BCUT2D eigenvalue weighted by molar-refractivity contribution is 6.31. The van der Waals surface area contributed by atoms with E-state index in [-0.39, 0.29) is 0 Å². The van der Waals surface area contributed by atoms with E-state index in [2.05, 4.69) is 11.9 Å². The third-order valence-electron chi connectivity index (χ3n) is 1.64. The largest absolute Gasteiger partial charge is 0.263 e. The van der Waals surface area contributed by atoms with Crippen molar-refractivity contribution in [3.05, 3.63) is 28.5 Å². The van der Waals surface area contributed by atoms with Crippen LogP contribution in [0.5, 0.6) is 0 Å². The molecule has 1 aromatic heterocycles. The summed E-state index contributed by atoms with van der Waals surface area (Å²) in [6, 6.07) is 0. The molecule has 10 heavy (non-hydrogen) atoms. The minimum atomic E-state index is 0.763. The second-order valence-electron chi connectivity index (χ2n) is 2.26. The van der Waals surface area contributed by atoms with E-state index in [9.17, 15) is 0 Å². The van der Waals surface area contributed by atoms with E-state index in [0.29, 0.717) is 0 Å². The lowest BCUT2D eigenvalue weighted by Gasteiger charge is -2.01. The number of pyridine rings is 1. The highest BCUT2D eigenvalue weighted by Gasteiger charge is 1.98. The van der Waals surface area contributed by atoms with Gasteiger partial charge >= 0.3 is 0 Å². The molecule has 1 aromatic rings. The molecular formula is C8H10ClN. The average molecular weight is 156 g/mol. The quantitative estimate of drug-likeness (QED) is 0.608. The molecule has 54 valence electrons. The van der Waals surface area contributed by atoms with Gasteiger partial charge in [-0.1, -0.05) is 18.5 Å². The van der Waals surface area contributed by atoms with Crippen LogP contribution in [0.25, 0.3) is 0 Å². The van der Waals surface area contributed by atoms with Gasteiger partial charge in [0, 0.05) is 12.4 Å². The standard InChI is InChI=1S/C8H10ClN/c1-3-7-4-10-5-8(9)6(7)2/h4-5H,3H2,1-2H3. The van der Waals surface area contributed by atoms with Crippen molar-refractivity contribution < 1.29 is 0 Å². The molecule has 0 amide bonds. The molecule has 1 nitrogen and oxygen atoms in total. The van der Waals surface area contributed by atoms with Crippen LogP contribution in [-0.4, -0.2) is 4.98 Å². The van der Waals surface area contributed by atoms with Gasteiger partial charge in [0.15, 0.2) is 0 Å². The lowest BCUT2D eigenvalue weighted by Crippen LogP contribution is -1.88. The topological polar surface area (TPSA) is 12.9 Å². The van der Waals surface area contributed by atoms with E-state index in [1.54, 1.807) is 6.20 Å². The van der Waals surface area contributed by atoms with Crippen LogP contribution in [0.3, 0.4) is 0 Å². The van der Waals surface area contributed by atoms with E-state index in [4.69, 9.17) is 11.6 Å². The predicted octanol–water partition coefficient (Wildman–Crippen LogP) is 2.61. The lowest BCUT2D eigenvalue weighted by molar-refractivity contribution is 1.07. The Hall–Kier alpha value is -0.560. The van der Waals surface area contributed by atoms with Gasteiger partial charge in [-0.05, 0) is 24.5 Å². The number of aromatic nitrogens is 1. The second-order valence-corrected chi connectivity index (χ2v) is 2.67. The van der Waals surface area contributed by atoms with Gasteiger partial charge in [-0.25, -0.2) is 0 Å². The summed E-state index contributed by atoms with van der Waals surface area (Å²) in [5, 5.41) is 0.763. The lowest BCUT2D eigenvalue weighted by atomic mass is 10.1. The molecule has 0 aliphatic carbocycles. The monoisotopic (exact) mass is 155 g/mol. The highest BCUT2D eigenvalue weighted by atomic mass is 35.5. The number of hydrogen-bond acceptors (Lipinski definition) is 1. The average Bonchev–Trinajstić information content (AvgIpc) is 1.95. The molecule has 0 unspecified atom stereocenters. The van der Waals surface area contributed by atoms with Crippen LogP contribution in [0.15, 0.2) is 12.4 Å². The molecule has 0 saturated carbocycles. The SMILES string of the molecule is CCc1cncc(Cl)c1C. The summed E-state index contributed by atoms with van der Waals surface area (Å²) in [6.45, 7) is 4.11. The Bertz CT molecular complexity index is 233. The predicted molar refractivity (Wildman–Crippen MR) is 43.4 cm³/mol. The second kappa shape index (κ2) is 3.02. The molecule has 0 fully saturated rings. The summed E-state index contributed by atoms with van der Waals surface area (Å²) in [5.41, 5.74) is 2.38. The number of hydrogen-bond donors (Lipinski definition) is 0. The van der Waals surface area contributed by atoms with Gasteiger partial charge in [-0.2, -0.15) is 0 Å². The van der Waals surface area contributed by atoms with Gasteiger partial charge in [0.05, 0.1) is 5.02 Å². The van der Waals surface area contributed by atoms with E-state index in [1.165, 1.54) is 5.56 Å². The molecule has 0 aromatic carbocycles. The minimum absolute atomic E-state index is 0.763. The molecule has 1 heterocycles. The Kier molecular flexibility index (Phi) is 2.28. The molecule has 2 heteroatoms. The van der Waals surface area contributed by atoms with Crippen molar-refractivity contribution in [3.8, 4) is 0 Å². The van der Waals surface area contributed by atoms with Crippen molar-refractivity contribution in [2.45, 2.75) is 20.3 Å². The first-order valence-corrected chi connectivity index (χ1v) is 3.72. The van der Waals surface area contributed by atoms with Crippen LogP contribution in [-0.2, 0) is 6.42 Å². The van der Waals surface area contributed by atoms with Gasteiger partial charge in [-0.3, -0.25) is 4.98 Å². The first kappa shape index (κ1) is 7.55. The van der Waals surface area contributed by atoms with Gasteiger partial charge in [0.1, 0.15) is 0 Å². The van der Waals surface area contributed by atoms with Crippen molar-refractivity contribution in [2.24, 2.45) is 0 Å². The number of rotatable bonds is 1. The first-order chi connectivity index (χ1) is 4.75. The summed E-state index contributed by atoms with van der Waals surface area (Å²) in [5.74, 6) is 0. The van der Waals surface area contributed by atoms with Crippen molar-refractivity contribution in [1.82, 2.24) is 4.98 Å². The minimum Gasteiger partial charge on any atom is -0.263 e. The molecule has 0 saturated heterocycles. The maximum absolute atomic E-state index is 5.83. The molecule has 0 radical (unpaired) electrons. The highest BCUT2D eigenvalue weighted by Crippen LogP contribution is 2.16. The fraction of sp³-hybridized carbons (Fsp3) is 0.375. The van der Waals surface area contributed by atoms with Crippen LogP contribution >= 0.6 is 11.6 Å². The van der Waals surface area contributed by atoms with E-state index < -0.39 is 0 Å². The fourth-order valence-corrected chi connectivity index (χ4v) is 1.07. The summed E-state index contributed by atoms with van der Waals surface area (Å²) in [4.78, 5) is 3.98. The zero-order valence-corrected chi connectivity index (χ0v) is 6.94. The van der Waals surface area contributed by atoms with Gasteiger partial charge < -0.3 is 0 Å². The normalized spacial score (nSPS) is 9.90. The molecule has 0 atom stereocenters. The molecule has 0 N–H and O–H groups in total. The van der Waals surface area contributed by atoms with Crippen LogP contribution in [0.4, 0.5) is 0 Å². The Morgan fingerprint density at radius 3 is 2.70 bits per heavy atom. The Morgan fingerprint density at radius 2 is 2.20 bits per heavy atom. The fourth-order valence-electron chi connectivity index (χ4n) is 0.896. The third kappa shape index (κ3) is 1.29. The summed E-state index contributed by atoms with van der Waals surface area (Å²) in [7, 11) is 0. The number of aryl methyl sites for hydroxylation is 1. The van der Waals surface area contributed by atoms with E-state index in [1.807, 2.05) is 13.1 Å². The van der Waals surface area contributed by atoms with E-state index >= 15 is 0 Å². The van der Waals surface area contributed by atoms with Crippen LogP contribution < -0.4 is 0 Å². The Morgan fingerprint density at radius 1 is 1.50 bits per heavy atom. The van der Waals surface area contributed by atoms with Crippen LogP contribution in [0.1, 0.15) is 18.1 Å². The third-order valence-corrected chi connectivity index (χ3v) is 2.02. The van der Waals surface area contributed by atoms with Crippen molar-refractivity contribution in [2.75, 3.05) is 0 Å². The Balaban J connectivity index is 3.14. The smallest absolute Gasteiger partial charge is 0.0621 e. The van der Waals surface area contributed by atoms with Crippen molar-refractivity contribution in [3.63, 3.8) is 0 Å². The summed E-state index contributed by atoms with van der Waals surface area (Å²) >= 11 is 5.83. The summed E-state index contributed by atoms with van der Waals surface area (Å²) < 4.78 is 0. The van der Waals surface area contributed by atoms with Gasteiger partial charge in [0.25, 0.3) is 0 Å². The molecule has 0 bridgehead atoms. The molecular weight excluding hydrogens is 146 g/mol. The molecule has 1 rings (SSSR count). The zero-order valence-electron chi connectivity index (χ0n) is 6.19. The van der Waals surface area contributed by atoms with E-state index in [0.717, 1.165) is 17.0 Å². The van der Waals surface area contributed by atoms with Gasteiger partial charge in [0.2, 0.25) is 0 Å². The van der Waals surface area contributed by atoms with Crippen molar-refractivity contribution in [1.29, 1.82) is 0 Å². The molecule has 0 aliphatic rings. The zero-order chi connectivity index (χ0) is 7.56. The molecule has 0 spiro atoms. The molecule has 0 aliphatic heterocycles. The first-order valence-electron chi connectivity index (χ1n) is 3.34. The number of halogens is 1. The maximum Gasteiger partial charge on any atom is 0.0621 e. The summed E-state index contributed by atoms with van der Waals surface area (Å²) in [6.07, 6.45) is 4.54. The van der Waals surface area contributed by atoms with Crippen LogP contribution in [0, 0.1) is 6.92 Å².